The minimum atomic E-state index is -4.51. The minimum Gasteiger partial charge on any atom is -0.287 e. The Morgan fingerprint density at radius 1 is 1.20 bits per heavy atom. The summed E-state index contributed by atoms with van der Waals surface area (Å²) < 4.78 is 42.0. The van der Waals surface area contributed by atoms with Crippen molar-refractivity contribution in [1.82, 2.24) is 10.4 Å². The summed E-state index contributed by atoms with van der Waals surface area (Å²) in [6.45, 7) is 5.22. The molecule has 0 radical (unpaired) electrons. The summed E-state index contributed by atoms with van der Waals surface area (Å²) in [5.74, 6) is -0.391. The highest BCUT2D eigenvalue weighted by molar-refractivity contribution is 5.89. The molecule has 2 aromatic rings. The summed E-state index contributed by atoms with van der Waals surface area (Å²) in [6.07, 6.45) is -3.88. The molecular weight excluding hydrogens is 329 g/mol. The lowest BCUT2D eigenvalue weighted by Gasteiger charge is -2.31. The van der Waals surface area contributed by atoms with Gasteiger partial charge in [0.15, 0.2) is 6.04 Å². The maximum Gasteiger partial charge on any atom is 0.409 e. The van der Waals surface area contributed by atoms with E-state index in [1.54, 1.807) is 19.9 Å². The van der Waals surface area contributed by atoms with Gasteiger partial charge in [0, 0.05) is 6.54 Å². The van der Waals surface area contributed by atoms with Gasteiger partial charge in [0.05, 0.1) is 5.41 Å². The average molecular weight is 350 g/mol. The topological polar surface area (TPSA) is 32.3 Å². The van der Waals surface area contributed by atoms with Crippen molar-refractivity contribution in [2.45, 2.75) is 39.4 Å². The van der Waals surface area contributed by atoms with E-state index in [1.807, 2.05) is 31.2 Å². The number of halogens is 3. The predicted molar refractivity (Wildman–Crippen MR) is 90.8 cm³/mol. The van der Waals surface area contributed by atoms with E-state index in [9.17, 15) is 18.0 Å². The van der Waals surface area contributed by atoms with Crippen molar-refractivity contribution in [3.63, 3.8) is 0 Å². The highest BCUT2D eigenvalue weighted by Crippen LogP contribution is 2.43. The number of nitrogens with one attached hydrogen (secondary N) is 1. The Hall–Kier alpha value is -2.08. The van der Waals surface area contributed by atoms with Crippen LogP contribution in [0.15, 0.2) is 36.4 Å². The number of rotatable bonds is 3. The van der Waals surface area contributed by atoms with Crippen LogP contribution in [0.5, 0.6) is 0 Å². The van der Waals surface area contributed by atoms with Crippen molar-refractivity contribution >= 4 is 16.7 Å². The third kappa shape index (κ3) is 3.11. The molecule has 0 bridgehead atoms. The fourth-order valence-corrected chi connectivity index (χ4v) is 3.47. The molecule has 6 heteroatoms. The molecule has 0 saturated carbocycles. The largest absolute Gasteiger partial charge is 0.409 e. The Morgan fingerprint density at radius 3 is 2.36 bits per heavy atom. The summed E-state index contributed by atoms with van der Waals surface area (Å²) in [5.41, 5.74) is 2.62. The van der Waals surface area contributed by atoms with Gasteiger partial charge in [-0.25, -0.2) is 5.01 Å². The number of carbonyl (C=O) groups is 1. The van der Waals surface area contributed by atoms with E-state index in [-0.39, 0.29) is 12.1 Å². The van der Waals surface area contributed by atoms with Crippen molar-refractivity contribution in [3.8, 4) is 0 Å². The highest BCUT2D eigenvalue weighted by Gasteiger charge is 2.51. The van der Waals surface area contributed by atoms with Crippen LogP contribution in [-0.2, 0) is 11.2 Å². The van der Waals surface area contributed by atoms with E-state index in [0.717, 1.165) is 16.0 Å². The number of hydrogen-bond acceptors (Lipinski definition) is 2. The zero-order chi connectivity index (χ0) is 18.4. The van der Waals surface area contributed by atoms with Crippen LogP contribution >= 0.6 is 0 Å². The second kappa shape index (κ2) is 6.02. The van der Waals surface area contributed by atoms with Crippen LogP contribution in [0.1, 0.15) is 37.9 Å². The third-order valence-corrected chi connectivity index (χ3v) is 4.75. The fraction of sp³-hybridized carbons (Fsp3) is 0.421. The van der Waals surface area contributed by atoms with Crippen molar-refractivity contribution in [2.24, 2.45) is 5.41 Å². The van der Waals surface area contributed by atoms with Gasteiger partial charge in [-0.15, -0.1) is 0 Å². The molecular formula is C19H21F3N2O. The van der Waals surface area contributed by atoms with Crippen molar-refractivity contribution in [2.75, 3.05) is 6.54 Å². The van der Waals surface area contributed by atoms with Gasteiger partial charge in [-0.1, -0.05) is 43.3 Å². The molecule has 1 amide bonds. The zero-order valence-corrected chi connectivity index (χ0v) is 14.4. The van der Waals surface area contributed by atoms with Crippen molar-refractivity contribution in [3.05, 3.63) is 47.5 Å². The zero-order valence-electron chi connectivity index (χ0n) is 14.4. The van der Waals surface area contributed by atoms with Crippen LogP contribution < -0.4 is 5.43 Å². The summed E-state index contributed by atoms with van der Waals surface area (Å²) in [4.78, 5) is 12.0. The van der Waals surface area contributed by atoms with Crippen LogP contribution in [0.25, 0.3) is 10.8 Å². The monoisotopic (exact) mass is 350 g/mol. The van der Waals surface area contributed by atoms with Gasteiger partial charge in [0.2, 0.25) is 5.91 Å². The third-order valence-electron chi connectivity index (χ3n) is 4.75. The molecule has 1 heterocycles. The Bertz CT molecular complexity index is 809. The van der Waals surface area contributed by atoms with Crippen LogP contribution in [0, 0.1) is 5.41 Å². The SMILES string of the molecule is CCc1cccc2cccc(C(N3CC(C)(C)C(=O)N3)C(F)(F)F)c12. The van der Waals surface area contributed by atoms with Crippen LogP contribution in [-0.4, -0.2) is 23.6 Å². The van der Waals surface area contributed by atoms with Crippen molar-refractivity contribution in [1.29, 1.82) is 0 Å². The second-order valence-electron chi connectivity index (χ2n) is 7.11. The second-order valence-corrected chi connectivity index (χ2v) is 7.11. The molecule has 1 aliphatic heterocycles. The number of nitrogens with zero attached hydrogens (tertiary/aromatic N) is 1. The maximum absolute atomic E-state index is 14.0. The first-order chi connectivity index (χ1) is 11.6. The molecule has 0 aliphatic carbocycles. The molecule has 1 fully saturated rings. The van der Waals surface area contributed by atoms with Gasteiger partial charge >= 0.3 is 6.18 Å². The number of alkyl halides is 3. The van der Waals surface area contributed by atoms with Crippen molar-refractivity contribution < 1.29 is 18.0 Å². The molecule has 25 heavy (non-hydrogen) atoms. The highest BCUT2D eigenvalue weighted by atomic mass is 19.4. The molecule has 1 atom stereocenters. The lowest BCUT2D eigenvalue weighted by Crippen LogP contribution is -2.43. The van der Waals surface area contributed by atoms with E-state index in [0.29, 0.717) is 11.8 Å². The number of aryl methyl sites for hydroxylation is 1. The Balaban J connectivity index is 2.19. The summed E-state index contributed by atoms with van der Waals surface area (Å²) in [5, 5.41) is 2.42. The van der Waals surface area contributed by atoms with Gasteiger partial charge < -0.3 is 0 Å². The molecule has 3 rings (SSSR count). The number of fused-ring (bicyclic) bond motifs is 1. The van der Waals surface area contributed by atoms with Gasteiger partial charge in [-0.3, -0.25) is 10.2 Å². The molecule has 1 saturated heterocycles. The van der Waals surface area contributed by atoms with Crippen LogP contribution in [0.2, 0.25) is 0 Å². The maximum atomic E-state index is 14.0. The molecule has 1 unspecified atom stereocenters. The van der Waals surface area contributed by atoms with Gasteiger partial charge in [0.25, 0.3) is 0 Å². The molecule has 0 aromatic heterocycles. The first kappa shape index (κ1) is 17.7. The van der Waals surface area contributed by atoms with Gasteiger partial charge in [-0.2, -0.15) is 13.2 Å². The number of benzene rings is 2. The summed E-state index contributed by atoms with van der Waals surface area (Å²) in [6, 6.07) is 8.61. The molecule has 2 aromatic carbocycles. The van der Waals surface area contributed by atoms with E-state index >= 15 is 0 Å². The normalized spacial score (nSPS) is 19.2. The summed E-state index contributed by atoms with van der Waals surface area (Å²) >= 11 is 0. The fourth-order valence-electron chi connectivity index (χ4n) is 3.47. The first-order valence-corrected chi connectivity index (χ1v) is 8.30. The quantitative estimate of drug-likeness (QED) is 0.891. The Kier molecular flexibility index (Phi) is 4.27. The Morgan fingerprint density at radius 2 is 1.84 bits per heavy atom. The van der Waals surface area contributed by atoms with Gasteiger partial charge in [0.1, 0.15) is 0 Å². The molecule has 1 aliphatic rings. The smallest absolute Gasteiger partial charge is 0.287 e. The molecule has 1 N–H and O–H groups in total. The first-order valence-electron chi connectivity index (χ1n) is 8.30. The van der Waals surface area contributed by atoms with E-state index in [4.69, 9.17) is 0 Å². The lowest BCUT2D eigenvalue weighted by molar-refractivity contribution is -0.191. The molecule has 3 nitrogen and oxygen atoms in total. The van der Waals surface area contributed by atoms with E-state index in [2.05, 4.69) is 5.43 Å². The lowest BCUT2D eigenvalue weighted by atomic mass is 9.91. The number of carbonyl (C=O) groups excluding carboxylic acids is 1. The predicted octanol–water partition coefficient (Wildman–Crippen LogP) is 4.38. The van der Waals surface area contributed by atoms with E-state index < -0.39 is 23.5 Å². The number of hydrazine groups is 1. The average Bonchev–Trinajstić information content (AvgIpc) is 2.78. The minimum absolute atomic E-state index is 0.000684. The molecule has 134 valence electrons. The number of amides is 1. The van der Waals surface area contributed by atoms with E-state index in [1.165, 1.54) is 6.07 Å². The van der Waals surface area contributed by atoms with Crippen LogP contribution in [0.4, 0.5) is 13.2 Å². The Labute approximate surface area is 144 Å². The molecule has 0 spiro atoms. The number of hydrogen-bond donors (Lipinski definition) is 1. The standard InChI is InChI=1S/C19H21F3N2O/c1-4-12-7-5-8-13-9-6-10-14(15(12)13)16(19(20,21)22)24-11-18(2,3)17(25)23-24/h5-10,16H,4,11H2,1-3H3,(H,23,25). The van der Waals surface area contributed by atoms with Gasteiger partial charge in [-0.05, 0) is 42.2 Å². The summed E-state index contributed by atoms with van der Waals surface area (Å²) in [7, 11) is 0. The van der Waals surface area contributed by atoms with Crippen LogP contribution in [0.3, 0.4) is 0 Å².